The summed E-state index contributed by atoms with van der Waals surface area (Å²) in [7, 11) is 0. The molecule has 0 unspecified atom stereocenters. The average molecular weight is 336 g/mol. The maximum atomic E-state index is 11.9. The quantitative estimate of drug-likeness (QED) is 0.714. The third kappa shape index (κ3) is 3.89. The summed E-state index contributed by atoms with van der Waals surface area (Å²) >= 11 is 0. The molecular formula is C18H16N4O3. The van der Waals surface area contributed by atoms with Gasteiger partial charge >= 0.3 is 0 Å². The zero-order valence-corrected chi connectivity index (χ0v) is 13.3. The minimum Gasteiger partial charge on any atom is -0.368 e. The molecule has 0 aliphatic carbocycles. The van der Waals surface area contributed by atoms with Crippen molar-refractivity contribution in [3.05, 3.63) is 65.0 Å². The maximum Gasteiger partial charge on any atom is 0.267 e. The number of hydrogen-bond donors (Lipinski definition) is 2. The van der Waals surface area contributed by atoms with E-state index in [0.717, 1.165) is 21.0 Å². The molecule has 0 atom stereocenters. The molecule has 0 saturated heterocycles. The molecule has 1 heterocycles. The molecule has 126 valence electrons. The molecule has 1 aromatic heterocycles. The Bertz CT molecular complexity index is 1010. The highest BCUT2D eigenvalue weighted by atomic mass is 16.2. The van der Waals surface area contributed by atoms with E-state index in [9.17, 15) is 14.4 Å². The topological polar surface area (TPSA) is 107 Å². The zero-order chi connectivity index (χ0) is 17.8. The number of rotatable bonds is 5. The fraction of sp³-hybridized carbons (Fsp3) is 0.111. The van der Waals surface area contributed by atoms with E-state index in [2.05, 4.69) is 10.4 Å². The molecule has 0 radical (unpaired) electrons. The van der Waals surface area contributed by atoms with Crippen LogP contribution in [0.25, 0.3) is 22.0 Å². The highest BCUT2D eigenvalue weighted by Crippen LogP contribution is 2.22. The van der Waals surface area contributed by atoms with Gasteiger partial charge in [0.1, 0.15) is 6.54 Å². The SMILES string of the molecule is NC(=O)CNC(=O)Cn1nc(-c2ccc3ccccc3c2)ccc1=O. The van der Waals surface area contributed by atoms with Gasteiger partial charge in [-0.3, -0.25) is 14.4 Å². The van der Waals surface area contributed by atoms with Crippen molar-refractivity contribution < 1.29 is 9.59 Å². The predicted octanol–water partition coefficient (Wildman–Crippen LogP) is 0.665. The highest BCUT2D eigenvalue weighted by Gasteiger charge is 2.09. The Morgan fingerprint density at radius 1 is 1.04 bits per heavy atom. The van der Waals surface area contributed by atoms with Crippen molar-refractivity contribution in [2.45, 2.75) is 6.54 Å². The minimum atomic E-state index is -0.654. The van der Waals surface area contributed by atoms with Crippen molar-refractivity contribution >= 4 is 22.6 Å². The Hall–Kier alpha value is -3.48. The Morgan fingerprint density at radius 3 is 2.56 bits per heavy atom. The molecule has 0 fully saturated rings. The van der Waals surface area contributed by atoms with E-state index in [-0.39, 0.29) is 13.1 Å². The van der Waals surface area contributed by atoms with E-state index in [1.165, 1.54) is 6.07 Å². The first-order valence-corrected chi connectivity index (χ1v) is 7.65. The average Bonchev–Trinajstić information content (AvgIpc) is 2.61. The number of primary amides is 1. The van der Waals surface area contributed by atoms with E-state index in [0.29, 0.717) is 5.69 Å². The molecular weight excluding hydrogens is 320 g/mol. The smallest absolute Gasteiger partial charge is 0.267 e. The number of nitrogens with two attached hydrogens (primary N) is 1. The lowest BCUT2D eigenvalue weighted by atomic mass is 10.1. The highest BCUT2D eigenvalue weighted by molar-refractivity contribution is 5.86. The molecule has 7 heteroatoms. The minimum absolute atomic E-state index is 0.280. The first-order valence-electron chi connectivity index (χ1n) is 7.65. The normalized spacial score (nSPS) is 10.6. The van der Waals surface area contributed by atoms with Gasteiger partial charge in [0.25, 0.3) is 5.56 Å². The standard InChI is InChI=1S/C18H16N4O3/c19-16(23)10-20-17(24)11-22-18(25)8-7-15(21-22)14-6-5-12-3-1-2-4-13(12)9-14/h1-9H,10-11H2,(H2,19,23)(H,20,24). The van der Waals surface area contributed by atoms with Crippen LogP contribution in [0.2, 0.25) is 0 Å². The molecule has 3 aromatic rings. The van der Waals surface area contributed by atoms with E-state index >= 15 is 0 Å². The Kier molecular flexibility index (Phi) is 4.56. The van der Waals surface area contributed by atoms with Crippen LogP contribution in [0.1, 0.15) is 0 Å². The van der Waals surface area contributed by atoms with Crippen LogP contribution < -0.4 is 16.6 Å². The van der Waals surface area contributed by atoms with Gasteiger partial charge in [0.2, 0.25) is 11.8 Å². The van der Waals surface area contributed by atoms with Crippen molar-refractivity contribution in [3.63, 3.8) is 0 Å². The van der Waals surface area contributed by atoms with E-state index in [1.54, 1.807) is 6.07 Å². The summed E-state index contributed by atoms with van der Waals surface area (Å²) in [5.41, 5.74) is 5.98. The summed E-state index contributed by atoms with van der Waals surface area (Å²) in [6.45, 7) is -0.564. The monoisotopic (exact) mass is 336 g/mol. The molecule has 3 N–H and O–H groups in total. The molecule has 7 nitrogen and oxygen atoms in total. The van der Waals surface area contributed by atoms with Gasteiger partial charge in [-0.1, -0.05) is 36.4 Å². The Morgan fingerprint density at radius 2 is 1.80 bits per heavy atom. The largest absolute Gasteiger partial charge is 0.368 e. The van der Waals surface area contributed by atoms with Crippen molar-refractivity contribution in [1.82, 2.24) is 15.1 Å². The number of carbonyl (C=O) groups excluding carboxylic acids is 2. The van der Waals surface area contributed by atoms with Crippen molar-refractivity contribution in [2.24, 2.45) is 5.73 Å². The molecule has 0 aliphatic rings. The third-order valence-corrected chi connectivity index (χ3v) is 3.67. The summed E-state index contributed by atoms with van der Waals surface area (Å²) in [6, 6.07) is 16.7. The molecule has 3 rings (SSSR count). The number of nitrogens with one attached hydrogen (secondary N) is 1. The summed E-state index contributed by atoms with van der Waals surface area (Å²) in [5, 5.41) is 8.73. The van der Waals surface area contributed by atoms with Gasteiger partial charge in [-0.15, -0.1) is 0 Å². The lowest BCUT2D eigenvalue weighted by molar-refractivity contribution is -0.125. The van der Waals surface area contributed by atoms with Crippen molar-refractivity contribution in [1.29, 1.82) is 0 Å². The van der Waals surface area contributed by atoms with Crippen molar-refractivity contribution in [3.8, 4) is 11.3 Å². The van der Waals surface area contributed by atoms with Crippen LogP contribution >= 0.6 is 0 Å². The number of benzene rings is 2. The lowest BCUT2D eigenvalue weighted by Crippen LogP contribution is -2.38. The van der Waals surface area contributed by atoms with Gasteiger partial charge in [-0.25, -0.2) is 4.68 Å². The Balaban J connectivity index is 1.88. The van der Waals surface area contributed by atoms with Gasteiger partial charge in [0, 0.05) is 11.6 Å². The number of nitrogens with zero attached hydrogens (tertiary/aromatic N) is 2. The van der Waals surface area contributed by atoms with Crippen LogP contribution in [-0.4, -0.2) is 28.1 Å². The predicted molar refractivity (Wildman–Crippen MR) is 93.6 cm³/mol. The molecule has 0 spiro atoms. The second-order valence-corrected chi connectivity index (χ2v) is 5.52. The van der Waals surface area contributed by atoms with Crippen LogP contribution in [0.5, 0.6) is 0 Å². The van der Waals surface area contributed by atoms with Gasteiger partial charge in [0.05, 0.1) is 12.2 Å². The van der Waals surface area contributed by atoms with Gasteiger partial charge in [-0.2, -0.15) is 5.10 Å². The fourth-order valence-electron chi connectivity index (χ4n) is 2.44. The first-order chi connectivity index (χ1) is 12.0. The molecule has 0 aliphatic heterocycles. The fourth-order valence-corrected chi connectivity index (χ4v) is 2.44. The number of amides is 2. The number of carbonyl (C=O) groups is 2. The zero-order valence-electron chi connectivity index (χ0n) is 13.3. The summed E-state index contributed by atoms with van der Waals surface area (Å²) in [6.07, 6.45) is 0. The third-order valence-electron chi connectivity index (χ3n) is 3.67. The van der Waals surface area contributed by atoms with Gasteiger partial charge in [-0.05, 0) is 22.9 Å². The molecule has 2 amide bonds. The Labute approximate surface area is 143 Å². The molecule has 0 saturated carbocycles. The van der Waals surface area contributed by atoms with E-state index < -0.39 is 17.4 Å². The second-order valence-electron chi connectivity index (χ2n) is 5.52. The summed E-state index contributed by atoms with van der Waals surface area (Å²) < 4.78 is 1.06. The van der Waals surface area contributed by atoms with Crippen LogP contribution in [0.4, 0.5) is 0 Å². The van der Waals surface area contributed by atoms with E-state index in [1.807, 2.05) is 42.5 Å². The lowest BCUT2D eigenvalue weighted by Gasteiger charge is -2.08. The van der Waals surface area contributed by atoms with Gasteiger partial charge < -0.3 is 11.1 Å². The van der Waals surface area contributed by atoms with Crippen LogP contribution in [0, 0.1) is 0 Å². The first kappa shape index (κ1) is 16.4. The second kappa shape index (κ2) is 6.96. The van der Waals surface area contributed by atoms with Crippen LogP contribution in [-0.2, 0) is 16.1 Å². The maximum absolute atomic E-state index is 11.9. The summed E-state index contributed by atoms with van der Waals surface area (Å²) in [4.78, 5) is 34.4. The molecule has 2 aromatic carbocycles. The van der Waals surface area contributed by atoms with Gasteiger partial charge in [0.15, 0.2) is 0 Å². The number of fused-ring (bicyclic) bond motifs is 1. The van der Waals surface area contributed by atoms with Crippen LogP contribution in [0.15, 0.2) is 59.4 Å². The number of aromatic nitrogens is 2. The van der Waals surface area contributed by atoms with E-state index in [4.69, 9.17) is 5.73 Å². The summed E-state index contributed by atoms with van der Waals surface area (Å²) in [5.74, 6) is -1.16. The van der Waals surface area contributed by atoms with Crippen molar-refractivity contribution in [2.75, 3.05) is 6.54 Å². The van der Waals surface area contributed by atoms with Crippen LogP contribution in [0.3, 0.4) is 0 Å². The molecule has 25 heavy (non-hydrogen) atoms. The number of hydrogen-bond acceptors (Lipinski definition) is 4. The molecule has 0 bridgehead atoms.